The lowest BCUT2D eigenvalue weighted by Crippen LogP contribution is -2.34. The largest absolute Gasteiger partial charge is 0.493 e. The Bertz CT molecular complexity index is 523. The van der Waals surface area contributed by atoms with Gasteiger partial charge in [-0.05, 0) is 41.8 Å². The number of fused-ring (bicyclic) bond motifs is 1. The van der Waals surface area contributed by atoms with E-state index in [1.165, 1.54) is 11.1 Å². The molecule has 0 saturated heterocycles. The predicted molar refractivity (Wildman–Crippen MR) is 79.9 cm³/mol. The Balaban J connectivity index is 1.67. The fraction of sp³-hybridized carbons (Fsp3) is 0.375. The number of nitrogens with one attached hydrogen (secondary N) is 1. The fourth-order valence-corrected chi connectivity index (χ4v) is 3.36. The molecule has 0 radical (unpaired) electrons. The van der Waals surface area contributed by atoms with Crippen LogP contribution in [0.2, 0.25) is 0 Å². The van der Waals surface area contributed by atoms with Crippen LogP contribution in [0.1, 0.15) is 30.5 Å². The number of benzene rings is 1. The summed E-state index contributed by atoms with van der Waals surface area (Å²) in [5.74, 6) is 1.04. The summed E-state index contributed by atoms with van der Waals surface area (Å²) < 4.78 is 5.70. The first-order chi connectivity index (χ1) is 9.33. The second-order valence-corrected chi connectivity index (χ2v) is 5.91. The molecule has 0 aliphatic carbocycles. The molecule has 100 valence electrons. The van der Waals surface area contributed by atoms with Crippen molar-refractivity contribution < 1.29 is 4.74 Å². The Morgan fingerprint density at radius 2 is 2.26 bits per heavy atom. The maximum Gasteiger partial charge on any atom is 0.124 e. The molecule has 0 spiro atoms. The maximum absolute atomic E-state index is 5.70. The Labute approximate surface area is 118 Å². The van der Waals surface area contributed by atoms with Gasteiger partial charge in [0.15, 0.2) is 0 Å². The molecule has 0 fully saturated rings. The standard InChI is InChI=1S/C16H19NOS/c1-12(10-13-7-9-19-11-13)17-15-6-8-18-16-5-3-2-4-14(15)16/h2-5,7,9,11-12,15,17H,6,8,10H2,1H3. The molecule has 2 nitrogen and oxygen atoms in total. The van der Waals surface area contributed by atoms with Crippen molar-refractivity contribution in [2.45, 2.75) is 31.8 Å². The lowest BCUT2D eigenvalue weighted by Gasteiger charge is -2.29. The van der Waals surface area contributed by atoms with Gasteiger partial charge in [0, 0.05) is 24.1 Å². The summed E-state index contributed by atoms with van der Waals surface area (Å²) in [4.78, 5) is 0. The lowest BCUT2D eigenvalue weighted by molar-refractivity contribution is 0.245. The third kappa shape index (κ3) is 2.99. The summed E-state index contributed by atoms with van der Waals surface area (Å²) in [6.07, 6.45) is 2.13. The van der Waals surface area contributed by atoms with E-state index in [9.17, 15) is 0 Å². The number of hydrogen-bond acceptors (Lipinski definition) is 3. The van der Waals surface area contributed by atoms with Crippen molar-refractivity contribution >= 4 is 11.3 Å². The molecule has 19 heavy (non-hydrogen) atoms. The van der Waals surface area contributed by atoms with Gasteiger partial charge in [0.2, 0.25) is 0 Å². The van der Waals surface area contributed by atoms with E-state index in [0.717, 1.165) is 25.2 Å². The van der Waals surface area contributed by atoms with Crippen LogP contribution in [0.3, 0.4) is 0 Å². The number of hydrogen-bond donors (Lipinski definition) is 1. The normalized spacial score (nSPS) is 19.5. The van der Waals surface area contributed by atoms with Gasteiger partial charge in [-0.2, -0.15) is 11.3 Å². The first-order valence-electron chi connectivity index (χ1n) is 6.82. The number of rotatable bonds is 4. The van der Waals surface area contributed by atoms with E-state index in [4.69, 9.17) is 4.74 Å². The first-order valence-corrected chi connectivity index (χ1v) is 7.76. The third-order valence-corrected chi connectivity index (χ3v) is 4.30. The Hall–Kier alpha value is -1.32. The van der Waals surface area contributed by atoms with Crippen LogP contribution in [-0.4, -0.2) is 12.6 Å². The SMILES string of the molecule is CC(Cc1ccsc1)NC1CCOc2ccccc21. The van der Waals surface area contributed by atoms with Crippen molar-refractivity contribution in [3.8, 4) is 5.75 Å². The molecule has 1 aliphatic rings. The minimum absolute atomic E-state index is 0.415. The molecule has 3 heteroatoms. The molecule has 3 rings (SSSR count). The van der Waals surface area contributed by atoms with Crippen LogP contribution < -0.4 is 10.1 Å². The maximum atomic E-state index is 5.70. The molecule has 2 unspecified atom stereocenters. The highest BCUT2D eigenvalue weighted by Crippen LogP contribution is 2.31. The molecule has 1 aromatic heterocycles. The van der Waals surface area contributed by atoms with E-state index in [1.54, 1.807) is 11.3 Å². The van der Waals surface area contributed by atoms with E-state index in [-0.39, 0.29) is 0 Å². The van der Waals surface area contributed by atoms with E-state index >= 15 is 0 Å². The van der Waals surface area contributed by atoms with Gasteiger partial charge in [-0.3, -0.25) is 0 Å². The van der Waals surface area contributed by atoms with Crippen molar-refractivity contribution in [3.63, 3.8) is 0 Å². The summed E-state index contributed by atoms with van der Waals surface area (Å²) in [7, 11) is 0. The molecule has 0 bridgehead atoms. The van der Waals surface area contributed by atoms with Crippen LogP contribution in [0, 0.1) is 0 Å². The zero-order chi connectivity index (χ0) is 13.1. The molecule has 0 saturated carbocycles. The highest BCUT2D eigenvalue weighted by atomic mass is 32.1. The minimum atomic E-state index is 0.415. The van der Waals surface area contributed by atoms with Crippen molar-refractivity contribution in [2.24, 2.45) is 0 Å². The van der Waals surface area contributed by atoms with Gasteiger partial charge >= 0.3 is 0 Å². The van der Waals surface area contributed by atoms with Crippen molar-refractivity contribution in [1.82, 2.24) is 5.32 Å². The smallest absolute Gasteiger partial charge is 0.124 e. The lowest BCUT2D eigenvalue weighted by atomic mass is 9.99. The summed E-state index contributed by atoms with van der Waals surface area (Å²) >= 11 is 1.77. The van der Waals surface area contributed by atoms with Crippen LogP contribution in [0.4, 0.5) is 0 Å². The second kappa shape index (κ2) is 5.76. The fourth-order valence-electron chi connectivity index (χ4n) is 2.68. The summed E-state index contributed by atoms with van der Waals surface area (Å²) in [6, 6.07) is 11.5. The highest BCUT2D eigenvalue weighted by molar-refractivity contribution is 7.07. The zero-order valence-electron chi connectivity index (χ0n) is 11.1. The third-order valence-electron chi connectivity index (χ3n) is 3.57. The molecular weight excluding hydrogens is 254 g/mol. The Kier molecular flexibility index (Phi) is 3.85. The van der Waals surface area contributed by atoms with Gasteiger partial charge in [-0.1, -0.05) is 18.2 Å². The second-order valence-electron chi connectivity index (χ2n) is 5.13. The van der Waals surface area contributed by atoms with Gasteiger partial charge < -0.3 is 10.1 Å². The van der Waals surface area contributed by atoms with Gasteiger partial charge in [0.1, 0.15) is 5.75 Å². The molecule has 2 heterocycles. The molecular formula is C16H19NOS. The van der Waals surface area contributed by atoms with Gasteiger partial charge in [0.05, 0.1) is 6.61 Å². The van der Waals surface area contributed by atoms with Crippen molar-refractivity contribution in [2.75, 3.05) is 6.61 Å². The van der Waals surface area contributed by atoms with Crippen LogP contribution in [-0.2, 0) is 6.42 Å². The van der Waals surface area contributed by atoms with E-state index in [2.05, 4.69) is 47.3 Å². The van der Waals surface area contributed by atoms with Crippen LogP contribution in [0.15, 0.2) is 41.1 Å². The number of thiophene rings is 1. The van der Waals surface area contributed by atoms with Crippen LogP contribution >= 0.6 is 11.3 Å². The summed E-state index contributed by atoms with van der Waals surface area (Å²) in [5, 5.41) is 8.11. The minimum Gasteiger partial charge on any atom is -0.493 e. The van der Waals surface area contributed by atoms with E-state index < -0.39 is 0 Å². The zero-order valence-corrected chi connectivity index (χ0v) is 12.0. The highest BCUT2D eigenvalue weighted by Gasteiger charge is 2.22. The summed E-state index contributed by atoms with van der Waals surface area (Å²) in [5.41, 5.74) is 2.72. The molecule has 1 aliphatic heterocycles. The Morgan fingerprint density at radius 1 is 1.37 bits per heavy atom. The first kappa shape index (κ1) is 12.7. The molecule has 1 aromatic carbocycles. The molecule has 1 N–H and O–H groups in total. The van der Waals surface area contributed by atoms with Gasteiger partial charge in [0.25, 0.3) is 0 Å². The van der Waals surface area contributed by atoms with Gasteiger partial charge in [-0.25, -0.2) is 0 Å². The molecule has 2 aromatic rings. The average Bonchev–Trinajstić information content (AvgIpc) is 2.92. The van der Waals surface area contributed by atoms with Crippen LogP contribution in [0.25, 0.3) is 0 Å². The quantitative estimate of drug-likeness (QED) is 0.915. The molecule has 2 atom stereocenters. The number of para-hydroxylation sites is 1. The number of ether oxygens (including phenoxy) is 1. The van der Waals surface area contributed by atoms with Crippen molar-refractivity contribution in [3.05, 3.63) is 52.2 Å². The van der Waals surface area contributed by atoms with Gasteiger partial charge in [-0.15, -0.1) is 0 Å². The topological polar surface area (TPSA) is 21.3 Å². The predicted octanol–water partition coefficient (Wildman–Crippen LogP) is 3.79. The Morgan fingerprint density at radius 3 is 3.11 bits per heavy atom. The molecule has 0 amide bonds. The van der Waals surface area contributed by atoms with Crippen LogP contribution in [0.5, 0.6) is 5.75 Å². The average molecular weight is 273 g/mol. The monoisotopic (exact) mass is 273 g/mol. The van der Waals surface area contributed by atoms with Crippen molar-refractivity contribution in [1.29, 1.82) is 0 Å². The van der Waals surface area contributed by atoms with E-state index in [0.29, 0.717) is 12.1 Å². The summed E-state index contributed by atoms with van der Waals surface area (Å²) in [6.45, 7) is 3.07. The van der Waals surface area contributed by atoms with E-state index in [1.807, 2.05) is 6.07 Å².